The van der Waals surface area contributed by atoms with Crippen molar-refractivity contribution in [3.8, 4) is 0 Å². The quantitative estimate of drug-likeness (QED) is 0.704. The third-order valence-corrected chi connectivity index (χ3v) is 2.41. The molecular formula is C12H27N3O. The number of hydrogen-bond acceptors (Lipinski definition) is 3. The summed E-state index contributed by atoms with van der Waals surface area (Å²) in [5, 5.41) is 3.98. The van der Waals surface area contributed by atoms with Crippen LogP contribution in [0, 0.1) is 0 Å². The minimum atomic E-state index is 0.111. The number of amides is 1. The Morgan fingerprint density at radius 2 is 1.44 bits per heavy atom. The Morgan fingerprint density at radius 3 is 1.69 bits per heavy atom. The summed E-state index contributed by atoms with van der Waals surface area (Å²) in [5.41, 5.74) is 5.45. The molecule has 0 aromatic carbocycles. The van der Waals surface area contributed by atoms with Gasteiger partial charge >= 0.3 is 0 Å². The van der Waals surface area contributed by atoms with Crippen molar-refractivity contribution in [2.24, 2.45) is 5.73 Å². The Bertz CT molecular complexity index is 206. The van der Waals surface area contributed by atoms with Crippen LogP contribution in [0.3, 0.4) is 0 Å². The van der Waals surface area contributed by atoms with Crippen LogP contribution in [-0.4, -0.2) is 40.6 Å². The number of hydrogen-bond donors (Lipinski definition) is 1. The first-order chi connectivity index (χ1) is 7.32. The van der Waals surface area contributed by atoms with Crippen molar-refractivity contribution in [1.29, 1.82) is 0 Å². The number of nitrogens with two attached hydrogens (primary N) is 1. The van der Waals surface area contributed by atoms with Crippen molar-refractivity contribution in [1.82, 2.24) is 10.0 Å². The highest BCUT2D eigenvalue weighted by molar-refractivity contribution is 5.76. The van der Waals surface area contributed by atoms with Crippen molar-refractivity contribution in [3.63, 3.8) is 0 Å². The molecule has 0 radical (unpaired) electrons. The molecule has 1 amide bonds. The third-order valence-electron chi connectivity index (χ3n) is 2.41. The lowest BCUT2D eigenvalue weighted by atomic mass is 10.2. The van der Waals surface area contributed by atoms with Crippen molar-refractivity contribution in [3.05, 3.63) is 0 Å². The molecule has 0 aromatic heterocycles. The third kappa shape index (κ3) is 4.10. The molecule has 0 heterocycles. The fourth-order valence-corrected chi connectivity index (χ4v) is 2.02. The van der Waals surface area contributed by atoms with E-state index in [-0.39, 0.29) is 11.9 Å². The van der Waals surface area contributed by atoms with E-state index in [1.54, 1.807) is 0 Å². The minimum Gasteiger partial charge on any atom is -0.330 e. The summed E-state index contributed by atoms with van der Waals surface area (Å²) < 4.78 is 0. The zero-order valence-electron chi connectivity index (χ0n) is 11.5. The second-order valence-electron chi connectivity index (χ2n) is 4.94. The van der Waals surface area contributed by atoms with Gasteiger partial charge in [0, 0.05) is 31.1 Å². The van der Waals surface area contributed by atoms with Gasteiger partial charge in [0.2, 0.25) is 5.91 Å². The van der Waals surface area contributed by atoms with Crippen LogP contribution in [0.2, 0.25) is 0 Å². The van der Waals surface area contributed by atoms with Crippen LogP contribution in [0.15, 0.2) is 0 Å². The lowest BCUT2D eigenvalue weighted by Gasteiger charge is -2.43. The largest absolute Gasteiger partial charge is 0.330 e. The van der Waals surface area contributed by atoms with Crippen LogP contribution < -0.4 is 5.73 Å². The Balaban J connectivity index is 4.92. The Hall–Kier alpha value is -0.610. The summed E-state index contributed by atoms with van der Waals surface area (Å²) in [4.78, 5) is 12.0. The molecule has 0 fully saturated rings. The maximum Gasteiger partial charge on any atom is 0.238 e. The van der Waals surface area contributed by atoms with Crippen LogP contribution in [0.25, 0.3) is 0 Å². The summed E-state index contributed by atoms with van der Waals surface area (Å²) in [6.07, 6.45) is 0.411. The molecule has 0 aromatic rings. The maximum absolute atomic E-state index is 12.0. The molecule has 0 spiro atoms. The molecule has 16 heavy (non-hydrogen) atoms. The topological polar surface area (TPSA) is 49.6 Å². The van der Waals surface area contributed by atoms with Gasteiger partial charge in [0.05, 0.1) is 0 Å². The molecule has 0 atom stereocenters. The Kier molecular flexibility index (Phi) is 6.60. The van der Waals surface area contributed by atoms with Crippen molar-refractivity contribution in [2.45, 2.75) is 66.1 Å². The van der Waals surface area contributed by atoms with Gasteiger partial charge < -0.3 is 5.73 Å². The minimum absolute atomic E-state index is 0.111. The van der Waals surface area contributed by atoms with Gasteiger partial charge in [-0.15, -0.1) is 0 Å². The second kappa shape index (κ2) is 6.86. The van der Waals surface area contributed by atoms with Crippen LogP contribution in [0.4, 0.5) is 0 Å². The van der Waals surface area contributed by atoms with E-state index in [1.807, 2.05) is 18.9 Å². The van der Waals surface area contributed by atoms with Gasteiger partial charge in [0.1, 0.15) is 0 Å². The van der Waals surface area contributed by atoms with E-state index in [9.17, 15) is 4.79 Å². The first kappa shape index (κ1) is 15.4. The van der Waals surface area contributed by atoms with Gasteiger partial charge in [0.15, 0.2) is 0 Å². The number of carbonyl (C=O) groups excluding carboxylic acids is 1. The van der Waals surface area contributed by atoms with E-state index in [1.165, 1.54) is 0 Å². The van der Waals surface area contributed by atoms with Gasteiger partial charge in [-0.3, -0.25) is 9.80 Å². The van der Waals surface area contributed by atoms with E-state index in [0.717, 1.165) is 0 Å². The number of rotatable bonds is 6. The zero-order chi connectivity index (χ0) is 12.9. The predicted molar refractivity (Wildman–Crippen MR) is 67.8 cm³/mol. The lowest BCUT2D eigenvalue weighted by molar-refractivity contribution is -0.163. The fraction of sp³-hybridized carbons (Fsp3) is 0.917. The first-order valence-electron chi connectivity index (χ1n) is 6.13. The number of hydrazine groups is 1. The summed E-state index contributed by atoms with van der Waals surface area (Å²) in [6.45, 7) is 12.9. The molecule has 0 saturated heterocycles. The molecule has 0 aliphatic heterocycles. The van der Waals surface area contributed by atoms with Crippen molar-refractivity contribution in [2.75, 3.05) is 6.54 Å². The van der Waals surface area contributed by atoms with Crippen LogP contribution >= 0.6 is 0 Å². The smallest absolute Gasteiger partial charge is 0.238 e. The summed E-state index contributed by atoms with van der Waals surface area (Å²) in [5.74, 6) is 0.111. The zero-order valence-corrected chi connectivity index (χ0v) is 11.5. The highest BCUT2D eigenvalue weighted by Crippen LogP contribution is 2.14. The van der Waals surface area contributed by atoms with Crippen LogP contribution in [0.1, 0.15) is 48.0 Å². The fourth-order valence-electron chi connectivity index (χ4n) is 2.02. The molecule has 96 valence electrons. The van der Waals surface area contributed by atoms with Gasteiger partial charge in [-0.05, 0) is 41.5 Å². The second-order valence-corrected chi connectivity index (χ2v) is 4.94. The lowest BCUT2D eigenvalue weighted by Crippen LogP contribution is -2.56. The average molecular weight is 229 g/mol. The number of nitrogens with zero attached hydrogens (tertiary/aromatic N) is 2. The Labute approximate surface area is 99.7 Å². The maximum atomic E-state index is 12.0. The van der Waals surface area contributed by atoms with Gasteiger partial charge in [-0.1, -0.05) is 0 Å². The molecule has 4 heteroatoms. The van der Waals surface area contributed by atoms with Crippen molar-refractivity contribution < 1.29 is 4.79 Å². The molecule has 0 aliphatic rings. The van der Waals surface area contributed by atoms with E-state index < -0.39 is 0 Å². The van der Waals surface area contributed by atoms with E-state index in [4.69, 9.17) is 5.73 Å². The van der Waals surface area contributed by atoms with Crippen LogP contribution in [0.5, 0.6) is 0 Å². The van der Waals surface area contributed by atoms with Gasteiger partial charge in [-0.2, -0.15) is 0 Å². The summed E-state index contributed by atoms with van der Waals surface area (Å²) >= 11 is 0. The predicted octanol–water partition coefficient (Wildman–Crippen LogP) is 1.61. The average Bonchev–Trinajstić information content (AvgIpc) is 2.11. The molecule has 0 saturated carbocycles. The molecule has 4 nitrogen and oxygen atoms in total. The highest BCUT2D eigenvalue weighted by Gasteiger charge is 2.27. The van der Waals surface area contributed by atoms with Gasteiger partial charge in [-0.25, -0.2) is 5.01 Å². The first-order valence-corrected chi connectivity index (χ1v) is 6.13. The monoisotopic (exact) mass is 229 g/mol. The van der Waals surface area contributed by atoms with E-state index in [2.05, 4.69) is 32.7 Å². The summed E-state index contributed by atoms with van der Waals surface area (Å²) in [6, 6.07) is 0.789. The SMILES string of the molecule is CC(C)N(C(=O)CCN)N(C(C)C)C(C)C. The molecule has 0 rings (SSSR count). The summed E-state index contributed by atoms with van der Waals surface area (Å²) in [7, 11) is 0. The Morgan fingerprint density at radius 1 is 1.00 bits per heavy atom. The number of carbonyl (C=O) groups is 1. The molecular weight excluding hydrogens is 202 g/mol. The standard InChI is InChI=1S/C12H27N3O/c1-9(2)14(10(3)4)15(11(5)6)12(16)7-8-13/h9-11H,7-8,13H2,1-6H3. The normalized spacial score (nSPS) is 11.9. The highest BCUT2D eigenvalue weighted by atomic mass is 16.2. The molecule has 0 unspecified atom stereocenters. The van der Waals surface area contributed by atoms with E-state index in [0.29, 0.717) is 25.0 Å². The van der Waals surface area contributed by atoms with Gasteiger partial charge in [0.25, 0.3) is 0 Å². The van der Waals surface area contributed by atoms with E-state index >= 15 is 0 Å². The van der Waals surface area contributed by atoms with Crippen LogP contribution in [-0.2, 0) is 4.79 Å². The molecule has 0 bridgehead atoms. The van der Waals surface area contributed by atoms with Crippen molar-refractivity contribution >= 4 is 5.91 Å². The molecule has 0 aliphatic carbocycles. The molecule has 2 N–H and O–H groups in total.